The molecule has 1 aromatic carbocycles. The summed E-state index contributed by atoms with van der Waals surface area (Å²) >= 11 is 0. The number of fused-ring (bicyclic) bond motifs is 1. The van der Waals surface area contributed by atoms with E-state index in [4.69, 9.17) is 9.47 Å². The number of anilines is 1. The average Bonchev–Trinajstić information content (AvgIpc) is 2.86. The maximum Gasteiger partial charge on any atom is 0.231 e. The van der Waals surface area contributed by atoms with E-state index in [1.165, 1.54) is 5.69 Å². The van der Waals surface area contributed by atoms with Gasteiger partial charge in [-0.25, -0.2) is 0 Å². The van der Waals surface area contributed by atoms with Crippen molar-refractivity contribution < 1.29 is 9.47 Å². The van der Waals surface area contributed by atoms with Crippen molar-refractivity contribution in [1.29, 1.82) is 0 Å². The highest BCUT2D eigenvalue weighted by molar-refractivity contribution is 5.57. The molecule has 0 bridgehead atoms. The van der Waals surface area contributed by atoms with E-state index in [-0.39, 0.29) is 0 Å². The van der Waals surface area contributed by atoms with Crippen LogP contribution in [0.15, 0.2) is 18.2 Å². The van der Waals surface area contributed by atoms with E-state index in [2.05, 4.69) is 27.7 Å². The van der Waals surface area contributed by atoms with Crippen LogP contribution in [-0.2, 0) is 0 Å². The highest BCUT2D eigenvalue weighted by Gasteiger charge is 2.21. The van der Waals surface area contributed by atoms with Crippen LogP contribution >= 0.6 is 0 Å². The Labute approximate surface area is 107 Å². The summed E-state index contributed by atoms with van der Waals surface area (Å²) in [6.45, 7) is 4.38. The SMILES string of the molecule is CNCC1CN(c2ccc3c(c2)OCO3)CCN1. The molecular formula is C13H19N3O2. The van der Waals surface area contributed by atoms with Crippen molar-refractivity contribution in [2.45, 2.75) is 6.04 Å². The smallest absolute Gasteiger partial charge is 0.231 e. The molecule has 0 saturated carbocycles. The van der Waals surface area contributed by atoms with Crippen LogP contribution in [0.1, 0.15) is 0 Å². The fourth-order valence-corrected chi connectivity index (χ4v) is 2.53. The van der Waals surface area contributed by atoms with Crippen molar-refractivity contribution >= 4 is 5.69 Å². The largest absolute Gasteiger partial charge is 0.454 e. The molecule has 1 saturated heterocycles. The Balaban J connectivity index is 1.73. The van der Waals surface area contributed by atoms with Gasteiger partial charge in [-0.15, -0.1) is 0 Å². The summed E-state index contributed by atoms with van der Waals surface area (Å²) in [5, 5.41) is 6.73. The van der Waals surface area contributed by atoms with E-state index in [1.54, 1.807) is 0 Å². The third kappa shape index (κ3) is 2.23. The van der Waals surface area contributed by atoms with Crippen LogP contribution in [0, 0.1) is 0 Å². The molecule has 3 rings (SSSR count). The first-order valence-corrected chi connectivity index (χ1v) is 6.39. The summed E-state index contributed by atoms with van der Waals surface area (Å²) in [5.74, 6) is 1.71. The molecule has 0 spiro atoms. The zero-order chi connectivity index (χ0) is 12.4. The van der Waals surface area contributed by atoms with E-state index in [9.17, 15) is 0 Å². The van der Waals surface area contributed by atoms with Crippen molar-refractivity contribution in [3.05, 3.63) is 18.2 Å². The van der Waals surface area contributed by atoms with Gasteiger partial charge in [0.25, 0.3) is 0 Å². The Morgan fingerprint density at radius 1 is 1.39 bits per heavy atom. The molecule has 5 heteroatoms. The highest BCUT2D eigenvalue weighted by atomic mass is 16.7. The zero-order valence-electron chi connectivity index (χ0n) is 10.6. The molecule has 2 N–H and O–H groups in total. The van der Waals surface area contributed by atoms with Crippen molar-refractivity contribution in [2.75, 3.05) is 44.9 Å². The molecule has 0 radical (unpaired) electrons. The minimum Gasteiger partial charge on any atom is -0.454 e. The molecule has 1 atom stereocenters. The van der Waals surface area contributed by atoms with E-state index in [0.717, 1.165) is 37.7 Å². The molecule has 0 amide bonds. The minimum absolute atomic E-state index is 0.336. The molecule has 5 nitrogen and oxygen atoms in total. The third-order valence-corrected chi connectivity index (χ3v) is 3.43. The fraction of sp³-hybridized carbons (Fsp3) is 0.538. The van der Waals surface area contributed by atoms with Gasteiger partial charge in [0, 0.05) is 44.0 Å². The summed E-state index contributed by atoms with van der Waals surface area (Å²) < 4.78 is 10.8. The number of rotatable bonds is 3. The number of likely N-dealkylation sites (N-methyl/N-ethyl adjacent to an activating group) is 1. The molecule has 18 heavy (non-hydrogen) atoms. The van der Waals surface area contributed by atoms with Crippen LogP contribution < -0.4 is 25.0 Å². The number of benzene rings is 1. The third-order valence-electron chi connectivity index (χ3n) is 3.43. The van der Waals surface area contributed by atoms with Crippen molar-refractivity contribution in [1.82, 2.24) is 10.6 Å². The lowest BCUT2D eigenvalue weighted by Crippen LogP contribution is -2.54. The van der Waals surface area contributed by atoms with Crippen molar-refractivity contribution in [2.24, 2.45) is 0 Å². The van der Waals surface area contributed by atoms with Gasteiger partial charge in [0.15, 0.2) is 11.5 Å². The van der Waals surface area contributed by atoms with Crippen LogP contribution in [-0.4, -0.2) is 46.1 Å². The Kier molecular flexibility index (Phi) is 3.25. The van der Waals surface area contributed by atoms with Gasteiger partial charge in [-0.05, 0) is 19.2 Å². The fourth-order valence-electron chi connectivity index (χ4n) is 2.53. The van der Waals surface area contributed by atoms with E-state index < -0.39 is 0 Å². The van der Waals surface area contributed by atoms with E-state index in [1.807, 2.05) is 13.1 Å². The van der Waals surface area contributed by atoms with Crippen LogP contribution in [0.5, 0.6) is 11.5 Å². The van der Waals surface area contributed by atoms with Gasteiger partial charge in [-0.2, -0.15) is 0 Å². The van der Waals surface area contributed by atoms with Gasteiger partial charge in [-0.1, -0.05) is 0 Å². The summed E-state index contributed by atoms with van der Waals surface area (Å²) in [7, 11) is 1.99. The molecule has 0 aromatic heterocycles. The minimum atomic E-state index is 0.336. The van der Waals surface area contributed by atoms with E-state index in [0.29, 0.717) is 12.8 Å². The summed E-state index contributed by atoms with van der Waals surface area (Å²) in [6, 6.07) is 6.67. The standard InChI is InChI=1S/C13H19N3O2/c1-14-7-10-8-16(5-4-15-10)11-2-3-12-13(6-11)18-9-17-12/h2-3,6,10,14-15H,4-5,7-9H2,1H3. The molecule has 2 aliphatic rings. The highest BCUT2D eigenvalue weighted by Crippen LogP contribution is 2.35. The Morgan fingerprint density at radius 2 is 2.28 bits per heavy atom. The lowest BCUT2D eigenvalue weighted by atomic mass is 10.1. The average molecular weight is 249 g/mol. The number of nitrogens with zero attached hydrogens (tertiary/aromatic N) is 1. The Morgan fingerprint density at radius 3 is 3.17 bits per heavy atom. The first-order valence-electron chi connectivity index (χ1n) is 6.39. The zero-order valence-corrected chi connectivity index (χ0v) is 10.6. The van der Waals surface area contributed by atoms with Gasteiger partial charge in [-0.3, -0.25) is 0 Å². The second-order valence-corrected chi connectivity index (χ2v) is 4.69. The quantitative estimate of drug-likeness (QED) is 0.812. The Hall–Kier alpha value is -1.46. The molecule has 1 unspecified atom stereocenters. The first kappa shape index (κ1) is 11.6. The van der Waals surface area contributed by atoms with Gasteiger partial charge in [0.05, 0.1) is 0 Å². The number of piperazine rings is 1. The molecule has 1 aromatic rings. The summed E-state index contributed by atoms with van der Waals surface area (Å²) in [4.78, 5) is 2.39. The molecule has 98 valence electrons. The van der Waals surface area contributed by atoms with Crippen LogP contribution in [0.25, 0.3) is 0 Å². The number of hydrogen-bond acceptors (Lipinski definition) is 5. The van der Waals surface area contributed by atoms with Gasteiger partial charge >= 0.3 is 0 Å². The van der Waals surface area contributed by atoms with Gasteiger partial charge < -0.3 is 25.0 Å². The van der Waals surface area contributed by atoms with Crippen LogP contribution in [0.4, 0.5) is 5.69 Å². The maximum atomic E-state index is 5.43. The van der Waals surface area contributed by atoms with Crippen molar-refractivity contribution in [3.8, 4) is 11.5 Å². The van der Waals surface area contributed by atoms with Crippen molar-refractivity contribution in [3.63, 3.8) is 0 Å². The maximum absolute atomic E-state index is 5.43. The van der Waals surface area contributed by atoms with Gasteiger partial charge in [0.1, 0.15) is 0 Å². The van der Waals surface area contributed by atoms with E-state index >= 15 is 0 Å². The number of ether oxygens (including phenoxy) is 2. The topological polar surface area (TPSA) is 45.8 Å². The lowest BCUT2D eigenvalue weighted by molar-refractivity contribution is 0.174. The second-order valence-electron chi connectivity index (χ2n) is 4.69. The molecule has 2 aliphatic heterocycles. The lowest BCUT2D eigenvalue weighted by Gasteiger charge is -2.35. The summed E-state index contributed by atoms with van der Waals surface area (Å²) in [6.07, 6.45) is 0. The monoisotopic (exact) mass is 249 g/mol. The number of nitrogens with one attached hydrogen (secondary N) is 2. The van der Waals surface area contributed by atoms with Crippen LogP contribution in [0.3, 0.4) is 0 Å². The Bertz CT molecular complexity index is 423. The molecule has 2 heterocycles. The summed E-state index contributed by atoms with van der Waals surface area (Å²) in [5.41, 5.74) is 1.21. The molecule has 0 aliphatic carbocycles. The predicted molar refractivity (Wildman–Crippen MR) is 70.5 cm³/mol. The van der Waals surface area contributed by atoms with Crippen LogP contribution in [0.2, 0.25) is 0 Å². The second kappa shape index (κ2) is 5.04. The van der Waals surface area contributed by atoms with Gasteiger partial charge in [0.2, 0.25) is 6.79 Å². The first-order chi connectivity index (χ1) is 8.86. The molecular weight excluding hydrogens is 230 g/mol. The normalized spacial score (nSPS) is 22.3. The molecule has 1 fully saturated rings. The predicted octanol–water partition coefficient (Wildman–Crippen LogP) is 0.413. The number of hydrogen-bond donors (Lipinski definition) is 2.